The molecule has 1 unspecified atom stereocenters. The second kappa shape index (κ2) is 19.4. The highest BCUT2D eigenvalue weighted by molar-refractivity contribution is 5.90. The Morgan fingerprint density at radius 2 is 1.30 bits per heavy atom. The van der Waals surface area contributed by atoms with Crippen molar-refractivity contribution in [3.63, 3.8) is 0 Å². The monoisotopic (exact) mass is 461 g/mol. The van der Waals surface area contributed by atoms with E-state index in [2.05, 4.69) is 12.2 Å². The van der Waals surface area contributed by atoms with E-state index in [1.54, 1.807) is 26.0 Å². The lowest BCUT2D eigenvalue weighted by Gasteiger charge is -2.13. The van der Waals surface area contributed by atoms with Crippen molar-refractivity contribution in [1.82, 2.24) is 0 Å². The Bertz CT molecular complexity index is 629. The summed E-state index contributed by atoms with van der Waals surface area (Å²) >= 11 is 0. The summed E-state index contributed by atoms with van der Waals surface area (Å²) < 4.78 is 10.2. The van der Waals surface area contributed by atoms with E-state index in [4.69, 9.17) is 9.47 Å². The first-order valence-corrected chi connectivity index (χ1v) is 13.3. The highest BCUT2D eigenvalue weighted by Gasteiger charge is 2.16. The van der Waals surface area contributed by atoms with Crippen molar-refractivity contribution < 1.29 is 19.1 Å². The molecule has 1 aromatic rings. The van der Waals surface area contributed by atoms with Crippen LogP contribution in [0.3, 0.4) is 0 Å². The fourth-order valence-corrected chi connectivity index (χ4v) is 3.85. The van der Waals surface area contributed by atoms with Crippen LogP contribution in [0.25, 0.3) is 0 Å². The Morgan fingerprint density at radius 3 is 1.82 bits per heavy atom. The molecule has 5 nitrogen and oxygen atoms in total. The van der Waals surface area contributed by atoms with Gasteiger partial charge in [0.05, 0.1) is 18.6 Å². The largest absolute Gasteiger partial charge is 0.466 e. The number of carbonyl (C=O) groups excluding carboxylic acids is 2. The molecule has 0 heterocycles. The third-order valence-electron chi connectivity index (χ3n) is 5.80. The van der Waals surface area contributed by atoms with Gasteiger partial charge in [-0.15, -0.1) is 0 Å². The summed E-state index contributed by atoms with van der Waals surface area (Å²) in [5, 5.41) is 3.42. The number of rotatable bonds is 20. The summed E-state index contributed by atoms with van der Waals surface area (Å²) in [7, 11) is 0. The van der Waals surface area contributed by atoms with Crippen LogP contribution in [0.2, 0.25) is 0 Å². The molecule has 1 aromatic carbocycles. The maximum atomic E-state index is 12.2. The standard InChI is InChI=1S/C28H47NO4/c1-4-6-7-8-9-10-11-12-13-14-15-16-17-22-29-26-20-18-25(19-21-26)28(31)33-24(3)23-27(30)32-5-2/h18-21,24,29H,4-17,22-23H2,1-3H3. The third-order valence-corrected chi connectivity index (χ3v) is 5.80. The van der Waals surface area contributed by atoms with Gasteiger partial charge in [0.2, 0.25) is 0 Å². The molecule has 1 N–H and O–H groups in total. The Morgan fingerprint density at radius 1 is 0.788 bits per heavy atom. The minimum atomic E-state index is -0.509. The van der Waals surface area contributed by atoms with E-state index < -0.39 is 12.1 Å². The molecule has 0 fully saturated rings. The first-order chi connectivity index (χ1) is 16.1. The van der Waals surface area contributed by atoms with Crippen LogP contribution in [-0.2, 0) is 14.3 Å². The summed E-state index contributed by atoms with van der Waals surface area (Å²) in [6.45, 7) is 6.99. The molecule has 0 bridgehead atoms. The predicted molar refractivity (Wildman–Crippen MR) is 137 cm³/mol. The topological polar surface area (TPSA) is 64.6 Å². The lowest BCUT2D eigenvalue weighted by molar-refractivity contribution is -0.145. The van der Waals surface area contributed by atoms with Crippen molar-refractivity contribution in [2.45, 2.75) is 117 Å². The number of ether oxygens (including phenoxy) is 2. The van der Waals surface area contributed by atoms with E-state index in [1.165, 1.54) is 77.0 Å². The van der Waals surface area contributed by atoms with E-state index in [0.717, 1.165) is 18.7 Å². The number of esters is 2. The zero-order chi connectivity index (χ0) is 24.2. The van der Waals surface area contributed by atoms with Crippen molar-refractivity contribution in [2.75, 3.05) is 18.5 Å². The van der Waals surface area contributed by atoms with Gasteiger partial charge in [0.25, 0.3) is 0 Å². The number of benzene rings is 1. The van der Waals surface area contributed by atoms with Gasteiger partial charge in [0.1, 0.15) is 6.10 Å². The van der Waals surface area contributed by atoms with Gasteiger partial charge in [0, 0.05) is 12.2 Å². The fraction of sp³-hybridized carbons (Fsp3) is 0.714. The molecule has 0 amide bonds. The van der Waals surface area contributed by atoms with Gasteiger partial charge in [0.15, 0.2) is 0 Å². The van der Waals surface area contributed by atoms with E-state index in [9.17, 15) is 9.59 Å². The molecule has 0 aromatic heterocycles. The zero-order valence-corrected chi connectivity index (χ0v) is 21.3. The molecule has 188 valence electrons. The van der Waals surface area contributed by atoms with Gasteiger partial charge in [-0.05, 0) is 44.5 Å². The summed E-state index contributed by atoms with van der Waals surface area (Å²) in [6.07, 6.45) is 17.2. The summed E-state index contributed by atoms with van der Waals surface area (Å²) in [5.74, 6) is -0.777. The van der Waals surface area contributed by atoms with Gasteiger partial charge in [-0.25, -0.2) is 4.79 Å². The van der Waals surface area contributed by atoms with Gasteiger partial charge >= 0.3 is 11.9 Å². The lowest BCUT2D eigenvalue weighted by Crippen LogP contribution is -2.20. The number of hydrogen-bond donors (Lipinski definition) is 1. The van der Waals surface area contributed by atoms with Gasteiger partial charge in [-0.2, -0.15) is 0 Å². The lowest BCUT2D eigenvalue weighted by atomic mass is 10.0. The smallest absolute Gasteiger partial charge is 0.338 e. The van der Waals surface area contributed by atoms with Gasteiger partial charge < -0.3 is 14.8 Å². The van der Waals surface area contributed by atoms with Crippen LogP contribution in [0.1, 0.15) is 121 Å². The Hall–Kier alpha value is -2.04. The highest BCUT2D eigenvalue weighted by atomic mass is 16.6. The van der Waals surface area contributed by atoms with Crippen LogP contribution in [0.5, 0.6) is 0 Å². The molecule has 0 aliphatic rings. The molecular weight excluding hydrogens is 414 g/mol. The van der Waals surface area contributed by atoms with Gasteiger partial charge in [-0.3, -0.25) is 4.79 Å². The number of unbranched alkanes of at least 4 members (excludes halogenated alkanes) is 12. The normalized spacial score (nSPS) is 11.7. The van der Waals surface area contributed by atoms with Crippen LogP contribution in [-0.4, -0.2) is 31.2 Å². The molecule has 1 atom stereocenters. The number of anilines is 1. The van der Waals surface area contributed by atoms with Crippen LogP contribution in [0.4, 0.5) is 5.69 Å². The third kappa shape index (κ3) is 15.4. The van der Waals surface area contributed by atoms with E-state index in [-0.39, 0.29) is 12.4 Å². The number of carbonyl (C=O) groups is 2. The molecule has 33 heavy (non-hydrogen) atoms. The minimum absolute atomic E-state index is 0.0678. The average molecular weight is 462 g/mol. The van der Waals surface area contributed by atoms with Crippen molar-refractivity contribution in [3.05, 3.63) is 29.8 Å². The van der Waals surface area contributed by atoms with E-state index in [1.807, 2.05) is 12.1 Å². The summed E-state index contributed by atoms with van der Waals surface area (Å²) in [5.41, 5.74) is 1.49. The molecule has 5 heteroatoms. The van der Waals surface area contributed by atoms with Gasteiger partial charge in [-0.1, -0.05) is 84.0 Å². The van der Waals surface area contributed by atoms with Crippen molar-refractivity contribution in [3.8, 4) is 0 Å². The number of hydrogen-bond acceptors (Lipinski definition) is 5. The summed E-state index contributed by atoms with van der Waals surface area (Å²) in [4.78, 5) is 23.7. The molecule has 0 saturated heterocycles. The van der Waals surface area contributed by atoms with Crippen LogP contribution in [0.15, 0.2) is 24.3 Å². The first kappa shape index (κ1) is 29.0. The molecule has 0 aliphatic heterocycles. The van der Waals surface area contributed by atoms with E-state index in [0.29, 0.717) is 12.2 Å². The second-order valence-corrected chi connectivity index (χ2v) is 8.97. The maximum Gasteiger partial charge on any atom is 0.338 e. The second-order valence-electron chi connectivity index (χ2n) is 8.97. The van der Waals surface area contributed by atoms with Crippen LogP contribution < -0.4 is 5.32 Å². The predicted octanol–water partition coefficient (Wildman–Crippen LogP) is 7.69. The Labute approximate surface area is 202 Å². The Kier molecular flexibility index (Phi) is 17.1. The zero-order valence-electron chi connectivity index (χ0n) is 21.3. The number of nitrogens with one attached hydrogen (secondary N) is 1. The quantitative estimate of drug-likeness (QED) is 0.159. The maximum absolute atomic E-state index is 12.2. The SMILES string of the molecule is CCCCCCCCCCCCCCCNc1ccc(C(=O)OC(C)CC(=O)OCC)cc1. The van der Waals surface area contributed by atoms with Crippen molar-refractivity contribution >= 4 is 17.6 Å². The van der Waals surface area contributed by atoms with Crippen LogP contribution in [0, 0.1) is 0 Å². The Balaban J connectivity index is 2.05. The minimum Gasteiger partial charge on any atom is -0.466 e. The molecule has 0 aliphatic carbocycles. The van der Waals surface area contributed by atoms with Crippen molar-refractivity contribution in [1.29, 1.82) is 0 Å². The molecule has 0 radical (unpaired) electrons. The average Bonchev–Trinajstić information content (AvgIpc) is 2.79. The molecule has 1 rings (SSSR count). The van der Waals surface area contributed by atoms with Crippen LogP contribution >= 0.6 is 0 Å². The highest BCUT2D eigenvalue weighted by Crippen LogP contribution is 2.14. The fourth-order valence-electron chi connectivity index (χ4n) is 3.85. The van der Waals surface area contributed by atoms with Crippen molar-refractivity contribution in [2.24, 2.45) is 0 Å². The van der Waals surface area contributed by atoms with E-state index >= 15 is 0 Å². The molecule has 0 spiro atoms. The molecule has 0 saturated carbocycles. The molecular formula is C28H47NO4. The first-order valence-electron chi connectivity index (χ1n) is 13.3. The summed E-state index contributed by atoms with van der Waals surface area (Å²) in [6, 6.07) is 7.31.